The number of carbonyl (C=O) groups is 3. The minimum absolute atomic E-state index is 0.132. The summed E-state index contributed by atoms with van der Waals surface area (Å²) in [7, 11) is 0. The number of hydrogen-bond donors (Lipinski definition) is 1. The minimum atomic E-state index is -1.08. The second kappa shape index (κ2) is 4.18. The molecule has 1 heterocycles. The summed E-state index contributed by atoms with van der Waals surface area (Å²) in [6, 6.07) is -0.991. The Bertz CT molecular complexity index is 454. The summed E-state index contributed by atoms with van der Waals surface area (Å²) < 4.78 is 0. The summed E-state index contributed by atoms with van der Waals surface area (Å²) in [5, 5.41) is 9.25. The van der Waals surface area contributed by atoms with Gasteiger partial charge in [0.2, 0.25) is 11.8 Å². The molecule has 3 rings (SSSR count). The molecule has 0 aromatic heterocycles. The summed E-state index contributed by atoms with van der Waals surface area (Å²) in [6.07, 6.45) is 5.85. The minimum Gasteiger partial charge on any atom is -0.480 e. The van der Waals surface area contributed by atoms with E-state index in [9.17, 15) is 19.5 Å². The second-order valence-electron chi connectivity index (χ2n) is 5.69. The lowest BCUT2D eigenvalue weighted by atomic mass is 9.85. The fraction of sp³-hybridized carbons (Fsp3) is 0.643. The highest BCUT2D eigenvalue weighted by Gasteiger charge is 2.60. The van der Waals surface area contributed by atoms with Gasteiger partial charge in [0.1, 0.15) is 6.04 Å². The van der Waals surface area contributed by atoms with Gasteiger partial charge in [0.05, 0.1) is 11.8 Å². The highest BCUT2D eigenvalue weighted by Crippen LogP contribution is 2.52. The van der Waals surface area contributed by atoms with Crippen molar-refractivity contribution in [3.8, 4) is 0 Å². The van der Waals surface area contributed by atoms with E-state index in [1.165, 1.54) is 0 Å². The van der Waals surface area contributed by atoms with Crippen molar-refractivity contribution in [2.45, 2.75) is 32.2 Å². The third-order valence-corrected chi connectivity index (χ3v) is 4.66. The molecule has 5 atom stereocenters. The van der Waals surface area contributed by atoms with Gasteiger partial charge in [0.25, 0.3) is 0 Å². The number of allylic oxidation sites excluding steroid dienone is 2. The van der Waals surface area contributed by atoms with E-state index in [1.807, 2.05) is 19.1 Å². The van der Waals surface area contributed by atoms with Gasteiger partial charge in [-0.3, -0.25) is 14.5 Å². The zero-order chi connectivity index (χ0) is 13.7. The Morgan fingerprint density at radius 1 is 1.32 bits per heavy atom. The van der Waals surface area contributed by atoms with Gasteiger partial charge >= 0.3 is 5.97 Å². The Labute approximate surface area is 111 Å². The van der Waals surface area contributed by atoms with Crippen LogP contribution >= 0.6 is 0 Å². The molecule has 0 radical (unpaired) electrons. The van der Waals surface area contributed by atoms with E-state index in [2.05, 4.69) is 0 Å². The molecule has 2 aliphatic carbocycles. The lowest BCUT2D eigenvalue weighted by Crippen LogP contribution is -2.46. The maximum Gasteiger partial charge on any atom is 0.326 e. The average molecular weight is 263 g/mol. The normalized spacial score (nSPS) is 37.0. The van der Waals surface area contributed by atoms with Crippen LogP contribution in [-0.4, -0.2) is 33.8 Å². The maximum absolute atomic E-state index is 12.4. The number of carboxylic acid groups (broad SMARTS) is 1. The van der Waals surface area contributed by atoms with Crippen molar-refractivity contribution < 1.29 is 19.5 Å². The van der Waals surface area contributed by atoms with E-state index in [0.29, 0.717) is 12.8 Å². The van der Waals surface area contributed by atoms with E-state index in [-0.39, 0.29) is 35.5 Å². The lowest BCUT2D eigenvalue weighted by Gasteiger charge is -2.24. The molecule has 2 fully saturated rings. The molecule has 1 N–H and O–H groups in total. The van der Waals surface area contributed by atoms with E-state index < -0.39 is 12.0 Å². The zero-order valence-corrected chi connectivity index (χ0v) is 10.8. The van der Waals surface area contributed by atoms with Gasteiger partial charge in [-0.1, -0.05) is 25.5 Å². The Balaban J connectivity index is 1.91. The first-order valence-electron chi connectivity index (χ1n) is 6.84. The van der Waals surface area contributed by atoms with Crippen molar-refractivity contribution >= 4 is 17.8 Å². The Hall–Kier alpha value is -1.65. The van der Waals surface area contributed by atoms with Crippen molar-refractivity contribution in [1.82, 2.24) is 4.90 Å². The molecule has 1 aliphatic heterocycles. The molecule has 1 saturated heterocycles. The van der Waals surface area contributed by atoms with Crippen LogP contribution in [0.25, 0.3) is 0 Å². The molecular weight excluding hydrogens is 246 g/mol. The predicted octanol–water partition coefficient (Wildman–Crippen LogP) is 1.05. The summed E-state index contributed by atoms with van der Waals surface area (Å²) in [5.74, 6) is -1.97. The van der Waals surface area contributed by atoms with Gasteiger partial charge in [-0.15, -0.1) is 0 Å². The molecule has 19 heavy (non-hydrogen) atoms. The number of aliphatic carboxylic acids is 1. The molecule has 3 aliphatic rings. The Morgan fingerprint density at radius 3 is 2.26 bits per heavy atom. The second-order valence-corrected chi connectivity index (χ2v) is 5.69. The van der Waals surface area contributed by atoms with Crippen LogP contribution < -0.4 is 0 Å². The fourth-order valence-corrected chi connectivity index (χ4v) is 3.87. The lowest BCUT2D eigenvalue weighted by molar-refractivity contribution is -0.155. The maximum atomic E-state index is 12.4. The third kappa shape index (κ3) is 1.57. The monoisotopic (exact) mass is 263 g/mol. The van der Waals surface area contributed by atoms with Crippen LogP contribution in [0, 0.1) is 23.7 Å². The van der Waals surface area contributed by atoms with E-state index >= 15 is 0 Å². The number of amides is 2. The van der Waals surface area contributed by atoms with Crippen LogP contribution in [0.3, 0.4) is 0 Å². The molecule has 2 amide bonds. The number of carboxylic acids is 1. The van der Waals surface area contributed by atoms with E-state index in [1.54, 1.807) is 0 Å². The molecular formula is C14H17NO4. The largest absolute Gasteiger partial charge is 0.480 e. The molecule has 5 nitrogen and oxygen atoms in total. The number of rotatable bonds is 4. The van der Waals surface area contributed by atoms with Crippen molar-refractivity contribution in [1.29, 1.82) is 0 Å². The van der Waals surface area contributed by atoms with E-state index in [4.69, 9.17) is 0 Å². The van der Waals surface area contributed by atoms with Gasteiger partial charge < -0.3 is 5.11 Å². The molecule has 102 valence electrons. The van der Waals surface area contributed by atoms with Gasteiger partial charge in [-0.2, -0.15) is 0 Å². The first-order chi connectivity index (χ1) is 9.06. The first-order valence-corrected chi connectivity index (χ1v) is 6.84. The number of nitrogens with zero attached hydrogens (tertiary/aromatic N) is 1. The van der Waals surface area contributed by atoms with Crippen LogP contribution in [0.2, 0.25) is 0 Å². The zero-order valence-electron chi connectivity index (χ0n) is 10.8. The molecule has 0 spiro atoms. The van der Waals surface area contributed by atoms with E-state index in [0.717, 1.165) is 11.3 Å². The molecule has 2 bridgehead atoms. The number of carbonyl (C=O) groups excluding carboxylic acids is 2. The molecule has 0 aromatic rings. The molecule has 5 unspecified atom stereocenters. The smallest absolute Gasteiger partial charge is 0.326 e. The van der Waals surface area contributed by atoms with Gasteiger partial charge in [-0.05, 0) is 24.7 Å². The third-order valence-electron chi connectivity index (χ3n) is 4.66. The standard InChI is InChI=1S/C14H17NO4/c1-2-3-9(14(18)19)15-12(16)10-7-4-5-8(6-7)11(10)13(15)17/h4-5,7-11H,2-3,6H2,1H3,(H,18,19). The van der Waals surface area contributed by atoms with Crippen molar-refractivity contribution in [3.63, 3.8) is 0 Å². The highest BCUT2D eigenvalue weighted by molar-refractivity contribution is 6.08. The van der Waals surface area contributed by atoms with Crippen LogP contribution in [0.4, 0.5) is 0 Å². The Kier molecular flexibility index (Phi) is 2.73. The van der Waals surface area contributed by atoms with Gasteiger partial charge in [-0.25, -0.2) is 4.79 Å². The average Bonchev–Trinajstić information content (AvgIpc) is 3.02. The SMILES string of the molecule is CCCC(C(=O)O)N1C(=O)C2C3C=CC(C3)C2C1=O. The van der Waals surface area contributed by atoms with Crippen LogP contribution in [0.5, 0.6) is 0 Å². The van der Waals surface area contributed by atoms with Gasteiger partial charge in [0.15, 0.2) is 0 Å². The summed E-state index contributed by atoms with van der Waals surface area (Å²) in [5.41, 5.74) is 0. The number of imide groups is 1. The fourth-order valence-electron chi connectivity index (χ4n) is 3.87. The number of hydrogen-bond acceptors (Lipinski definition) is 3. The van der Waals surface area contributed by atoms with Crippen molar-refractivity contribution in [2.24, 2.45) is 23.7 Å². The Morgan fingerprint density at radius 2 is 1.84 bits per heavy atom. The summed E-state index contributed by atoms with van der Waals surface area (Å²) in [6.45, 7) is 1.85. The van der Waals surface area contributed by atoms with Crippen molar-refractivity contribution in [3.05, 3.63) is 12.2 Å². The quantitative estimate of drug-likeness (QED) is 0.607. The number of likely N-dealkylation sites (tertiary alicyclic amines) is 1. The predicted molar refractivity (Wildman–Crippen MR) is 65.9 cm³/mol. The molecule has 5 heteroatoms. The highest BCUT2D eigenvalue weighted by atomic mass is 16.4. The van der Waals surface area contributed by atoms with Crippen LogP contribution in [0.15, 0.2) is 12.2 Å². The van der Waals surface area contributed by atoms with Crippen LogP contribution in [0.1, 0.15) is 26.2 Å². The molecule has 1 saturated carbocycles. The first kappa shape index (κ1) is 12.4. The topological polar surface area (TPSA) is 74.7 Å². The number of fused-ring (bicyclic) bond motifs is 5. The summed E-state index contributed by atoms with van der Waals surface area (Å²) >= 11 is 0. The molecule has 0 aromatic carbocycles. The van der Waals surface area contributed by atoms with Crippen molar-refractivity contribution in [2.75, 3.05) is 0 Å². The van der Waals surface area contributed by atoms with Crippen LogP contribution in [-0.2, 0) is 14.4 Å². The van der Waals surface area contributed by atoms with Gasteiger partial charge in [0, 0.05) is 0 Å². The summed E-state index contributed by atoms with van der Waals surface area (Å²) in [4.78, 5) is 37.2.